The highest BCUT2D eigenvalue weighted by Crippen LogP contribution is 2.23. The molecule has 7 heteroatoms. The fourth-order valence-corrected chi connectivity index (χ4v) is 3.79. The molecule has 2 saturated heterocycles. The zero-order valence-corrected chi connectivity index (χ0v) is 16.7. The van der Waals surface area contributed by atoms with Crippen molar-refractivity contribution in [3.63, 3.8) is 0 Å². The number of carbonyl (C=O) groups is 2. The van der Waals surface area contributed by atoms with Crippen LogP contribution < -0.4 is 5.32 Å². The highest BCUT2D eigenvalue weighted by Gasteiger charge is 2.37. The molecule has 0 spiro atoms. The molecule has 6 nitrogen and oxygen atoms in total. The van der Waals surface area contributed by atoms with Gasteiger partial charge < -0.3 is 19.9 Å². The average molecular weight is 396 g/mol. The third kappa shape index (κ3) is 5.67. The molecular weight excluding hydrogens is 366 g/mol. The highest BCUT2D eigenvalue weighted by atomic mass is 35.5. The molecule has 2 aliphatic heterocycles. The summed E-state index contributed by atoms with van der Waals surface area (Å²) < 4.78 is 5.40. The summed E-state index contributed by atoms with van der Waals surface area (Å²) >= 11 is 0. The number of amides is 2. The van der Waals surface area contributed by atoms with Gasteiger partial charge in [-0.2, -0.15) is 0 Å². The van der Waals surface area contributed by atoms with E-state index in [-0.39, 0.29) is 37.4 Å². The van der Waals surface area contributed by atoms with Gasteiger partial charge in [-0.1, -0.05) is 30.3 Å². The molecule has 3 rings (SSSR count). The van der Waals surface area contributed by atoms with Crippen LogP contribution in [0.4, 0.5) is 0 Å². The number of nitrogens with one attached hydrogen (secondary N) is 1. The lowest BCUT2D eigenvalue weighted by Gasteiger charge is -2.39. The maximum Gasteiger partial charge on any atom is 0.249 e. The molecule has 0 aromatic heterocycles. The lowest BCUT2D eigenvalue weighted by molar-refractivity contribution is -0.160. The Labute approximate surface area is 167 Å². The van der Waals surface area contributed by atoms with Crippen molar-refractivity contribution in [2.45, 2.75) is 31.8 Å². The molecule has 1 atom stereocenters. The van der Waals surface area contributed by atoms with Crippen molar-refractivity contribution >= 4 is 24.2 Å². The van der Waals surface area contributed by atoms with E-state index in [9.17, 15) is 9.59 Å². The Hall–Kier alpha value is -1.63. The standard InChI is InChI=1S/C20H29N3O3.ClH/c1-21-10-7-16-8-11-22(12-9-16)20(25)18-14-26-15-19(24)23(18)13-17-5-3-2-4-6-17;/h2-6,16,18,21H,7-15H2,1H3;1H/t18-;/m1./s1. The maximum absolute atomic E-state index is 13.1. The van der Waals surface area contributed by atoms with Crippen LogP contribution in [-0.2, 0) is 20.9 Å². The second-order valence-corrected chi connectivity index (χ2v) is 7.20. The first kappa shape index (κ1) is 21.7. The summed E-state index contributed by atoms with van der Waals surface area (Å²) in [5.41, 5.74) is 1.03. The van der Waals surface area contributed by atoms with Crippen molar-refractivity contribution in [3.8, 4) is 0 Å². The van der Waals surface area contributed by atoms with E-state index >= 15 is 0 Å². The first-order valence-electron chi connectivity index (χ1n) is 9.53. The van der Waals surface area contributed by atoms with Gasteiger partial charge in [0.15, 0.2) is 0 Å². The Kier molecular flexibility index (Phi) is 8.54. The van der Waals surface area contributed by atoms with Crippen molar-refractivity contribution in [3.05, 3.63) is 35.9 Å². The van der Waals surface area contributed by atoms with Gasteiger partial charge >= 0.3 is 0 Å². The first-order valence-corrected chi connectivity index (χ1v) is 9.53. The summed E-state index contributed by atoms with van der Waals surface area (Å²) in [6.07, 6.45) is 3.23. The van der Waals surface area contributed by atoms with Crippen LogP contribution in [0.2, 0.25) is 0 Å². The minimum atomic E-state index is -0.509. The van der Waals surface area contributed by atoms with Gasteiger partial charge in [0.25, 0.3) is 0 Å². The summed E-state index contributed by atoms with van der Waals surface area (Å²) in [6, 6.07) is 9.31. The number of benzene rings is 1. The average Bonchev–Trinajstić information content (AvgIpc) is 2.68. The van der Waals surface area contributed by atoms with E-state index in [0.717, 1.165) is 44.5 Å². The zero-order chi connectivity index (χ0) is 18.4. The molecule has 0 aliphatic carbocycles. The molecule has 2 heterocycles. The summed E-state index contributed by atoms with van der Waals surface area (Å²) in [5.74, 6) is 0.597. The van der Waals surface area contributed by atoms with Gasteiger partial charge in [0, 0.05) is 19.6 Å². The van der Waals surface area contributed by atoms with Gasteiger partial charge in [0.2, 0.25) is 11.8 Å². The fourth-order valence-electron chi connectivity index (χ4n) is 3.79. The normalized spacial score (nSPS) is 21.1. The minimum Gasteiger partial charge on any atom is -0.369 e. The number of rotatable bonds is 6. The Morgan fingerprint density at radius 1 is 1.22 bits per heavy atom. The van der Waals surface area contributed by atoms with Crippen LogP contribution in [0, 0.1) is 5.92 Å². The maximum atomic E-state index is 13.1. The van der Waals surface area contributed by atoms with Gasteiger partial charge in [0.1, 0.15) is 12.6 Å². The molecule has 150 valence electrons. The first-order chi connectivity index (χ1) is 12.7. The number of carbonyl (C=O) groups excluding carboxylic acids is 2. The van der Waals surface area contributed by atoms with Crippen LogP contribution in [0.5, 0.6) is 0 Å². The number of halogens is 1. The topological polar surface area (TPSA) is 61.9 Å². The van der Waals surface area contributed by atoms with Crippen LogP contribution >= 0.6 is 12.4 Å². The molecule has 2 aliphatic rings. The van der Waals surface area contributed by atoms with Crippen molar-refractivity contribution in [2.24, 2.45) is 5.92 Å². The summed E-state index contributed by atoms with van der Waals surface area (Å²) in [6.45, 7) is 3.38. The van der Waals surface area contributed by atoms with Gasteiger partial charge in [-0.25, -0.2) is 0 Å². The van der Waals surface area contributed by atoms with Crippen LogP contribution in [0.25, 0.3) is 0 Å². The second-order valence-electron chi connectivity index (χ2n) is 7.20. The van der Waals surface area contributed by atoms with Crippen molar-refractivity contribution in [2.75, 3.05) is 39.9 Å². The van der Waals surface area contributed by atoms with Gasteiger partial charge in [-0.3, -0.25) is 9.59 Å². The Morgan fingerprint density at radius 2 is 1.93 bits per heavy atom. The molecule has 0 saturated carbocycles. The molecule has 0 unspecified atom stereocenters. The van der Waals surface area contributed by atoms with E-state index in [1.807, 2.05) is 42.3 Å². The van der Waals surface area contributed by atoms with Crippen molar-refractivity contribution in [1.29, 1.82) is 0 Å². The summed E-state index contributed by atoms with van der Waals surface area (Å²) in [7, 11) is 1.97. The Morgan fingerprint density at radius 3 is 2.59 bits per heavy atom. The number of morpholine rings is 1. The van der Waals surface area contributed by atoms with E-state index in [2.05, 4.69) is 5.32 Å². The Bertz CT molecular complexity index is 606. The van der Waals surface area contributed by atoms with Crippen LogP contribution in [-0.4, -0.2) is 67.6 Å². The molecule has 2 amide bonds. The monoisotopic (exact) mass is 395 g/mol. The number of hydrogen-bond acceptors (Lipinski definition) is 4. The number of hydrogen-bond donors (Lipinski definition) is 1. The molecule has 2 fully saturated rings. The van der Waals surface area contributed by atoms with Crippen LogP contribution in [0.15, 0.2) is 30.3 Å². The Balaban J connectivity index is 0.00000261. The van der Waals surface area contributed by atoms with Crippen molar-refractivity contribution < 1.29 is 14.3 Å². The number of piperidine rings is 1. The molecule has 1 aromatic carbocycles. The number of likely N-dealkylation sites (tertiary alicyclic amines) is 1. The van der Waals surface area contributed by atoms with Crippen LogP contribution in [0.3, 0.4) is 0 Å². The van der Waals surface area contributed by atoms with E-state index in [0.29, 0.717) is 12.5 Å². The van der Waals surface area contributed by atoms with E-state index in [1.165, 1.54) is 0 Å². The van der Waals surface area contributed by atoms with Gasteiger partial charge in [-0.15, -0.1) is 12.4 Å². The molecule has 1 aromatic rings. The number of nitrogens with zero attached hydrogens (tertiary/aromatic N) is 2. The van der Waals surface area contributed by atoms with E-state index < -0.39 is 6.04 Å². The molecule has 1 N–H and O–H groups in total. The lowest BCUT2D eigenvalue weighted by Crippen LogP contribution is -2.57. The molecule has 0 bridgehead atoms. The summed E-state index contributed by atoms with van der Waals surface area (Å²) in [5, 5.41) is 3.19. The largest absolute Gasteiger partial charge is 0.369 e. The van der Waals surface area contributed by atoms with Crippen LogP contribution in [0.1, 0.15) is 24.8 Å². The fraction of sp³-hybridized carbons (Fsp3) is 0.600. The second kappa shape index (κ2) is 10.6. The van der Waals surface area contributed by atoms with Crippen molar-refractivity contribution in [1.82, 2.24) is 15.1 Å². The SMILES string of the molecule is CNCCC1CCN(C(=O)[C@H]2COCC(=O)N2Cc2ccccc2)CC1.Cl. The third-order valence-corrected chi connectivity index (χ3v) is 5.41. The van der Waals surface area contributed by atoms with E-state index in [4.69, 9.17) is 4.74 Å². The third-order valence-electron chi connectivity index (χ3n) is 5.41. The lowest BCUT2D eigenvalue weighted by atomic mass is 9.93. The minimum absolute atomic E-state index is 0. The molecule has 0 radical (unpaired) electrons. The predicted molar refractivity (Wildman–Crippen MR) is 107 cm³/mol. The highest BCUT2D eigenvalue weighted by molar-refractivity contribution is 5.89. The smallest absolute Gasteiger partial charge is 0.249 e. The van der Waals surface area contributed by atoms with Gasteiger partial charge in [-0.05, 0) is 44.3 Å². The summed E-state index contributed by atoms with van der Waals surface area (Å²) in [4.78, 5) is 29.1. The quantitative estimate of drug-likeness (QED) is 0.796. The predicted octanol–water partition coefficient (Wildman–Crippen LogP) is 1.68. The number of ether oxygens (including phenoxy) is 1. The zero-order valence-electron chi connectivity index (χ0n) is 15.9. The molecular formula is C20H30ClN3O3. The van der Waals surface area contributed by atoms with Gasteiger partial charge in [0.05, 0.1) is 6.61 Å². The molecule has 27 heavy (non-hydrogen) atoms. The van der Waals surface area contributed by atoms with E-state index in [1.54, 1.807) is 4.90 Å².